The summed E-state index contributed by atoms with van der Waals surface area (Å²) in [6.07, 6.45) is 4.95. The van der Waals surface area contributed by atoms with Crippen LogP contribution in [-0.2, 0) is 26.2 Å². The molecule has 10 heteroatoms. The number of aryl methyl sites for hydroxylation is 1. The maximum Gasteiger partial charge on any atom is 0.244 e. The van der Waals surface area contributed by atoms with E-state index in [0.717, 1.165) is 41.8 Å². The zero-order valence-corrected chi connectivity index (χ0v) is 22.5. The van der Waals surface area contributed by atoms with Crippen molar-refractivity contribution in [3.05, 3.63) is 63.6 Å². The second kappa shape index (κ2) is 11.6. The molecule has 1 aliphatic rings. The molecule has 35 heavy (non-hydrogen) atoms. The molecule has 0 radical (unpaired) electrons. The normalized spacial score (nSPS) is 15.0. The third kappa shape index (κ3) is 7.12. The molecule has 1 saturated carbocycles. The standard InChI is InChI=1S/C25H31Cl2N3O4S/c1-17-11-13-20(14-12-17)30(35(3,33)34)16-24(31)29(15-21-22(26)9-6-10-23(21)27)18(2)25(32)28-19-7-4-5-8-19/h6,9-14,18-19H,4-5,7-8,15-16H2,1-3H3,(H,28,32)/t18-/m1/s1. The minimum atomic E-state index is -3.78. The van der Waals surface area contributed by atoms with E-state index < -0.39 is 28.5 Å². The number of carbonyl (C=O) groups is 2. The highest BCUT2D eigenvalue weighted by Gasteiger charge is 2.32. The van der Waals surface area contributed by atoms with Crippen molar-refractivity contribution in [1.82, 2.24) is 10.2 Å². The lowest BCUT2D eigenvalue weighted by atomic mass is 10.1. The van der Waals surface area contributed by atoms with Crippen LogP contribution < -0.4 is 9.62 Å². The van der Waals surface area contributed by atoms with Crippen molar-refractivity contribution in [2.24, 2.45) is 0 Å². The van der Waals surface area contributed by atoms with Crippen molar-refractivity contribution in [1.29, 1.82) is 0 Å². The number of benzene rings is 2. The molecule has 0 bridgehead atoms. The number of halogens is 2. The molecule has 3 rings (SSSR count). The van der Waals surface area contributed by atoms with Crippen LogP contribution >= 0.6 is 23.2 Å². The lowest BCUT2D eigenvalue weighted by Crippen LogP contribution is -2.52. The largest absolute Gasteiger partial charge is 0.352 e. The van der Waals surface area contributed by atoms with E-state index in [-0.39, 0.29) is 18.5 Å². The first-order valence-electron chi connectivity index (χ1n) is 11.5. The molecule has 2 aromatic rings. The smallest absolute Gasteiger partial charge is 0.244 e. The monoisotopic (exact) mass is 539 g/mol. The summed E-state index contributed by atoms with van der Waals surface area (Å²) in [4.78, 5) is 28.0. The number of amides is 2. The molecule has 1 atom stereocenters. The Morgan fingerprint density at radius 2 is 1.63 bits per heavy atom. The zero-order valence-electron chi connectivity index (χ0n) is 20.1. The van der Waals surface area contributed by atoms with Gasteiger partial charge in [0.05, 0.1) is 11.9 Å². The Balaban J connectivity index is 1.91. The fourth-order valence-corrected chi connectivity index (χ4v) is 5.52. The number of hydrogen-bond acceptors (Lipinski definition) is 4. The van der Waals surface area contributed by atoms with Gasteiger partial charge in [0.2, 0.25) is 21.8 Å². The quantitative estimate of drug-likeness (QED) is 0.506. The van der Waals surface area contributed by atoms with Crippen LogP contribution in [0, 0.1) is 6.92 Å². The van der Waals surface area contributed by atoms with Gasteiger partial charge in [0.15, 0.2) is 0 Å². The van der Waals surface area contributed by atoms with E-state index in [1.807, 2.05) is 6.92 Å². The molecule has 0 saturated heterocycles. The Bertz CT molecular complexity index is 1150. The first-order valence-corrected chi connectivity index (χ1v) is 14.1. The highest BCUT2D eigenvalue weighted by molar-refractivity contribution is 7.92. The van der Waals surface area contributed by atoms with Gasteiger partial charge in [-0.25, -0.2) is 8.42 Å². The summed E-state index contributed by atoms with van der Waals surface area (Å²) >= 11 is 12.7. The molecule has 0 aliphatic heterocycles. The third-order valence-corrected chi connectivity index (χ3v) is 8.11. The van der Waals surface area contributed by atoms with Crippen LogP contribution in [-0.4, -0.2) is 50.0 Å². The van der Waals surface area contributed by atoms with Crippen LogP contribution in [0.15, 0.2) is 42.5 Å². The van der Waals surface area contributed by atoms with Crippen LogP contribution in [0.3, 0.4) is 0 Å². The minimum Gasteiger partial charge on any atom is -0.352 e. The molecule has 7 nitrogen and oxygen atoms in total. The molecule has 0 spiro atoms. The Morgan fingerprint density at radius 3 is 2.17 bits per heavy atom. The fraction of sp³-hybridized carbons (Fsp3) is 0.440. The summed E-state index contributed by atoms with van der Waals surface area (Å²) < 4.78 is 26.3. The summed E-state index contributed by atoms with van der Waals surface area (Å²) in [5, 5.41) is 3.74. The number of sulfonamides is 1. The average Bonchev–Trinajstić information content (AvgIpc) is 3.30. The number of nitrogens with zero attached hydrogens (tertiary/aromatic N) is 2. The molecule has 1 N–H and O–H groups in total. The summed E-state index contributed by atoms with van der Waals surface area (Å²) in [7, 11) is -3.78. The van der Waals surface area contributed by atoms with Gasteiger partial charge < -0.3 is 10.2 Å². The molecule has 0 heterocycles. The van der Waals surface area contributed by atoms with Crippen LogP contribution in [0.5, 0.6) is 0 Å². The topological polar surface area (TPSA) is 86.8 Å². The highest BCUT2D eigenvalue weighted by Crippen LogP contribution is 2.27. The van der Waals surface area contributed by atoms with Gasteiger partial charge in [0.25, 0.3) is 0 Å². The van der Waals surface area contributed by atoms with E-state index in [9.17, 15) is 18.0 Å². The molecule has 2 aromatic carbocycles. The van der Waals surface area contributed by atoms with Gasteiger partial charge in [0, 0.05) is 28.2 Å². The lowest BCUT2D eigenvalue weighted by Gasteiger charge is -2.32. The summed E-state index contributed by atoms with van der Waals surface area (Å²) in [6, 6.07) is 11.1. The lowest BCUT2D eigenvalue weighted by molar-refractivity contribution is -0.139. The van der Waals surface area contributed by atoms with Crippen LogP contribution in [0.4, 0.5) is 5.69 Å². The van der Waals surface area contributed by atoms with Gasteiger partial charge in [-0.2, -0.15) is 0 Å². The predicted molar refractivity (Wildman–Crippen MR) is 140 cm³/mol. The number of anilines is 1. The van der Waals surface area contributed by atoms with E-state index >= 15 is 0 Å². The average molecular weight is 541 g/mol. The molecule has 190 valence electrons. The summed E-state index contributed by atoms with van der Waals surface area (Å²) in [6.45, 7) is 3.01. The fourth-order valence-electron chi connectivity index (χ4n) is 4.15. The SMILES string of the molecule is Cc1ccc(N(CC(=O)N(Cc2c(Cl)cccc2Cl)[C@H](C)C(=O)NC2CCCC2)S(C)(=O)=O)cc1. The number of hydrogen-bond donors (Lipinski definition) is 1. The molecular weight excluding hydrogens is 509 g/mol. The van der Waals surface area contributed by atoms with Crippen molar-refractivity contribution in [3.63, 3.8) is 0 Å². The first-order chi connectivity index (χ1) is 16.5. The molecule has 1 fully saturated rings. The van der Waals surface area contributed by atoms with Crippen molar-refractivity contribution in [2.45, 2.75) is 58.2 Å². The highest BCUT2D eigenvalue weighted by atomic mass is 35.5. The van der Waals surface area contributed by atoms with Crippen molar-refractivity contribution in [3.8, 4) is 0 Å². The van der Waals surface area contributed by atoms with Crippen molar-refractivity contribution < 1.29 is 18.0 Å². The van der Waals surface area contributed by atoms with Gasteiger partial charge in [-0.1, -0.05) is 59.8 Å². The van der Waals surface area contributed by atoms with Crippen molar-refractivity contribution in [2.75, 3.05) is 17.1 Å². The Kier molecular flexibility index (Phi) is 9.07. The van der Waals surface area contributed by atoms with Gasteiger partial charge in [-0.3, -0.25) is 13.9 Å². The Hall–Kier alpha value is -2.29. The van der Waals surface area contributed by atoms with Crippen LogP contribution in [0.1, 0.15) is 43.7 Å². The third-order valence-electron chi connectivity index (χ3n) is 6.26. The number of nitrogens with one attached hydrogen (secondary N) is 1. The maximum atomic E-state index is 13.6. The van der Waals surface area contributed by atoms with E-state index in [1.165, 1.54) is 4.90 Å². The maximum absolute atomic E-state index is 13.6. The second-order valence-corrected chi connectivity index (χ2v) is 11.7. The molecule has 2 amide bonds. The number of rotatable bonds is 9. The summed E-state index contributed by atoms with van der Waals surface area (Å²) in [5.41, 5.74) is 1.82. The summed E-state index contributed by atoms with van der Waals surface area (Å²) in [5.74, 6) is -0.837. The number of carbonyl (C=O) groups excluding carboxylic acids is 2. The predicted octanol–water partition coefficient (Wildman–Crippen LogP) is 4.54. The van der Waals surface area contributed by atoms with Gasteiger partial charge >= 0.3 is 0 Å². The van der Waals surface area contributed by atoms with E-state index in [4.69, 9.17) is 23.2 Å². The molecule has 0 unspecified atom stereocenters. The Morgan fingerprint density at radius 1 is 1.06 bits per heavy atom. The second-order valence-electron chi connectivity index (χ2n) is 8.99. The first kappa shape index (κ1) is 27.3. The van der Waals surface area contributed by atoms with Gasteiger partial charge in [-0.15, -0.1) is 0 Å². The molecule has 0 aromatic heterocycles. The zero-order chi connectivity index (χ0) is 25.8. The van der Waals surface area contributed by atoms with Gasteiger partial charge in [-0.05, 0) is 51.0 Å². The van der Waals surface area contributed by atoms with E-state index in [1.54, 1.807) is 49.4 Å². The van der Waals surface area contributed by atoms with Crippen LogP contribution in [0.25, 0.3) is 0 Å². The van der Waals surface area contributed by atoms with Crippen LogP contribution in [0.2, 0.25) is 10.0 Å². The molecule has 1 aliphatic carbocycles. The van der Waals surface area contributed by atoms with E-state index in [2.05, 4.69) is 5.32 Å². The van der Waals surface area contributed by atoms with E-state index in [0.29, 0.717) is 21.3 Å². The Labute approximate surface area is 217 Å². The minimum absolute atomic E-state index is 0.0396. The van der Waals surface area contributed by atoms with Crippen molar-refractivity contribution >= 4 is 50.7 Å². The molecular formula is C25H31Cl2N3O4S. The van der Waals surface area contributed by atoms with Gasteiger partial charge in [0.1, 0.15) is 12.6 Å².